The first-order valence-corrected chi connectivity index (χ1v) is 5.42. The maximum absolute atomic E-state index is 11.6. The van der Waals surface area contributed by atoms with E-state index in [1.165, 1.54) is 0 Å². The van der Waals surface area contributed by atoms with Gasteiger partial charge in [0.15, 0.2) is 5.78 Å². The van der Waals surface area contributed by atoms with Gasteiger partial charge in [-0.05, 0) is 17.9 Å². The average molecular weight is 193 g/mol. The van der Waals surface area contributed by atoms with Gasteiger partial charge >= 0.3 is 0 Å². The van der Waals surface area contributed by atoms with Crippen molar-refractivity contribution in [1.82, 2.24) is 0 Å². The summed E-state index contributed by atoms with van der Waals surface area (Å²) in [5.41, 5.74) is 7.69. The molecule has 1 aromatic rings. The molecule has 0 spiro atoms. The molecule has 1 aliphatic carbocycles. The third kappa shape index (κ3) is 1.28. The minimum atomic E-state index is -0.0883. The smallest absolute Gasteiger partial charge is 0.166 e. The Morgan fingerprint density at radius 3 is 3.00 bits per heavy atom. The van der Waals surface area contributed by atoms with Crippen LogP contribution in [0.2, 0.25) is 0 Å². The highest BCUT2D eigenvalue weighted by molar-refractivity contribution is 7.98. The van der Waals surface area contributed by atoms with Crippen LogP contribution in [-0.2, 0) is 0 Å². The van der Waals surface area contributed by atoms with Crippen LogP contribution < -0.4 is 5.73 Å². The van der Waals surface area contributed by atoms with E-state index in [-0.39, 0.29) is 11.8 Å². The van der Waals surface area contributed by atoms with Crippen molar-refractivity contribution in [3.05, 3.63) is 29.3 Å². The van der Waals surface area contributed by atoms with E-state index in [0.29, 0.717) is 6.42 Å². The number of Topliss-reactive ketones (excluding diaryl/α,β-unsaturated/α-hetero) is 1. The average Bonchev–Trinajstić information content (AvgIpc) is 2.43. The Hall–Kier alpha value is -0.800. The van der Waals surface area contributed by atoms with Gasteiger partial charge in [0.2, 0.25) is 0 Å². The number of benzene rings is 1. The fourth-order valence-corrected chi connectivity index (χ4v) is 2.39. The van der Waals surface area contributed by atoms with Crippen LogP contribution in [0.15, 0.2) is 23.1 Å². The molecule has 0 fully saturated rings. The summed E-state index contributed by atoms with van der Waals surface area (Å²) in [6.07, 6.45) is 2.44. The van der Waals surface area contributed by atoms with E-state index in [0.717, 1.165) is 16.0 Å². The van der Waals surface area contributed by atoms with Crippen molar-refractivity contribution in [2.24, 2.45) is 5.73 Å². The molecular weight excluding hydrogens is 182 g/mol. The summed E-state index contributed by atoms with van der Waals surface area (Å²) in [7, 11) is 0. The normalized spacial score (nSPS) is 20.5. The first kappa shape index (κ1) is 8.78. The quantitative estimate of drug-likeness (QED) is 0.694. The predicted molar refractivity (Wildman–Crippen MR) is 54.1 cm³/mol. The van der Waals surface area contributed by atoms with Gasteiger partial charge in [0.05, 0.1) is 0 Å². The second-order valence-electron chi connectivity index (χ2n) is 3.16. The number of rotatable bonds is 1. The Balaban J connectivity index is 2.62. The molecule has 0 radical (unpaired) electrons. The lowest BCUT2D eigenvalue weighted by Crippen LogP contribution is -2.05. The number of hydrogen-bond acceptors (Lipinski definition) is 3. The number of fused-ring (bicyclic) bond motifs is 1. The van der Waals surface area contributed by atoms with Crippen LogP contribution in [0.5, 0.6) is 0 Å². The zero-order valence-electron chi connectivity index (χ0n) is 7.41. The van der Waals surface area contributed by atoms with Gasteiger partial charge in [0, 0.05) is 22.9 Å². The fraction of sp³-hybridized carbons (Fsp3) is 0.300. The van der Waals surface area contributed by atoms with Crippen molar-refractivity contribution in [2.75, 3.05) is 6.26 Å². The number of carbonyl (C=O) groups excluding carboxylic acids is 1. The highest BCUT2D eigenvalue weighted by Gasteiger charge is 2.28. The van der Waals surface area contributed by atoms with Gasteiger partial charge < -0.3 is 5.73 Å². The van der Waals surface area contributed by atoms with Crippen molar-refractivity contribution < 1.29 is 4.79 Å². The first-order chi connectivity index (χ1) is 6.24. The van der Waals surface area contributed by atoms with E-state index in [4.69, 9.17) is 5.73 Å². The van der Waals surface area contributed by atoms with Gasteiger partial charge in [0.1, 0.15) is 0 Å². The molecular formula is C10H11NOS. The number of nitrogens with two attached hydrogens (primary N) is 1. The molecule has 0 saturated carbocycles. The molecule has 68 valence electrons. The molecule has 1 aliphatic rings. The zero-order valence-corrected chi connectivity index (χ0v) is 8.23. The molecule has 0 aromatic heterocycles. The maximum Gasteiger partial charge on any atom is 0.166 e. The minimum Gasteiger partial charge on any atom is -0.324 e. The molecule has 2 nitrogen and oxygen atoms in total. The van der Waals surface area contributed by atoms with Gasteiger partial charge in [-0.15, -0.1) is 11.8 Å². The summed E-state index contributed by atoms with van der Waals surface area (Å²) in [6, 6.07) is 5.79. The van der Waals surface area contributed by atoms with Crippen LogP contribution in [0.4, 0.5) is 0 Å². The van der Waals surface area contributed by atoms with Gasteiger partial charge in [0.25, 0.3) is 0 Å². The molecule has 2 N–H and O–H groups in total. The molecule has 0 heterocycles. The van der Waals surface area contributed by atoms with Gasteiger partial charge in [-0.25, -0.2) is 0 Å². The van der Waals surface area contributed by atoms with E-state index >= 15 is 0 Å². The third-order valence-electron chi connectivity index (χ3n) is 2.36. The lowest BCUT2D eigenvalue weighted by Gasteiger charge is -2.05. The predicted octanol–water partition coefficient (Wildman–Crippen LogP) is 1.99. The highest BCUT2D eigenvalue weighted by Crippen LogP contribution is 2.34. The Morgan fingerprint density at radius 2 is 2.31 bits per heavy atom. The number of thioether (sulfide) groups is 1. The van der Waals surface area contributed by atoms with Crippen molar-refractivity contribution in [3.63, 3.8) is 0 Å². The second kappa shape index (κ2) is 3.16. The molecule has 13 heavy (non-hydrogen) atoms. The second-order valence-corrected chi connectivity index (χ2v) is 4.01. The monoisotopic (exact) mass is 193 g/mol. The number of ketones is 1. The van der Waals surface area contributed by atoms with Crippen molar-refractivity contribution in [1.29, 1.82) is 0 Å². The standard InChI is InChI=1S/C10H11NOS/c1-13-9-4-2-3-6-7(11)5-8(12)10(6)9/h2-4,7H,5,11H2,1H3/t7-/m0/s1. The molecule has 0 bridgehead atoms. The summed E-state index contributed by atoms with van der Waals surface area (Å²) in [5.74, 6) is 0.187. The summed E-state index contributed by atoms with van der Waals surface area (Å²) >= 11 is 1.60. The highest BCUT2D eigenvalue weighted by atomic mass is 32.2. The van der Waals surface area contributed by atoms with E-state index in [9.17, 15) is 4.79 Å². The van der Waals surface area contributed by atoms with Gasteiger partial charge in [-0.2, -0.15) is 0 Å². The van der Waals surface area contributed by atoms with Crippen molar-refractivity contribution in [3.8, 4) is 0 Å². The summed E-state index contributed by atoms with van der Waals surface area (Å²) in [4.78, 5) is 12.6. The molecule has 2 rings (SSSR count). The van der Waals surface area contributed by atoms with Crippen LogP contribution in [-0.4, -0.2) is 12.0 Å². The Bertz CT molecular complexity index is 362. The summed E-state index contributed by atoms with van der Waals surface area (Å²) in [5, 5.41) is 0. The maximum atomic E-state index is 11.6. The van der Waals surface area contributed by atoms with Crippen LogP contribution in [0, 0.1) is 0 Å². The summed E-state index contributed by atoms with van der Waals surface area (Å²) < 4.78 is 0. The van der Waals surface area contributed by atoms with Crippen molar-refractivity contribution >= 4 is 17.5 Å². The molecule has 0 unspecified atom stereocenters. The minimum absolute atomic E-state index is 0.0883. The molecule has 0 saturated heterocycles. The van der Waals surface area contributed by atoms with Gasteiger partial charge in [-0.1, -0.05) is 12.1 Å². The third-order valence-corrected chi connectivity index (χ3v) is 3.14. The van der Waals surface area contributed by atoms with Crippen LogP contribution in [0.25, 0.3) is 0 Å². The Morgan fingerprint density at radius 1 is 1.54 bits per heavy atom. The Kier molecular flexibility index (Phi) is 2.14. The van der Waals surface area contributed by atoms with E-state index in [1.807, 2.05) is 24.5 Å². The van der Waals surface area contributed by atoms with E-state index in [1.54, 1.807) is 11.8 Å². The SMILES string of the molecule is CSc1cccc2c1C(=O)C[C@@H]2N. The molecule has 0 amide bonds. The first-order valence-electron chi connectivity index (χ1n) is 4.19. The van der Waals surface area contributed by atoms with E-state index in [2.05, 4.69) is 0 Å². The van der Waals surface area contributed by atoms with Crippen molar-refractivity contribution in [2.45, 2.75) is 17.4 Å². The molecule has 1 atom stereocenters. The van der Waals surface area contributed by atoms with Crippen LogP contribution in [0.1, 0.15) is 28.4 Å². The number of carbonyl (C=O) groups is 1. The van der Waals surface area contributed by atoms with Gasteiger partial charge in [-0.3, -0.25) is 4.79 Å². The lowest BCUT2D eigenvalue weighted by atomic mass is 10.1. The van der Waals surface area contributed by atoms with E-state index < -0.39 is 0 Å². The Labute approximate surface area is 81.5 Å². The molecule has 0 aliphatic heterocycles. The topological polar surface area (TPSA) is 43.1 Å². The van der Waals surface area contributed by atoms with Crippen LogP contribution >= 0.6 is 11.8 Å². The zero-order chi connectivity index (χ0) is 9.42. The number of hydrogen-bond donors (Lipinski definition) is 1. The largest absolute Gasteiger partial charge is 0.324 e. The lowest BCUT2D eigenvalue weighted by molar-refractivity contribution is 0.0987. The summed E-state index contributed by atoms with van der Waals surface area (Å²) in [6.45, 7) is 0. The molecule has 1 aromatic carbocycles. The molecule has 3 heteroatoms. The fourth-order valence-electron chi connectivity index (χ4n) is 1.74. The van der Waals surface area contributed by atoms with Crippen LogP contribution in [0.3, 0.4) is 0 Å².